The van der Waals surface area contributed by atoms with Crippen molar-refractivity contribution < 1.29 is 4.39 Å². The minimum atomic E-state index is -0.623. The molecule has 0 atom stereocenters. The summed E-state index contributed by atoms with van der Waals surface area (Å²) in [5, 5.41) is 3.87. The molecule has 0 aliphatic heterocycles. The molecule has 7 heteroatoms. The number of H-pyrrole nitrogens is 2. The summed E-state index contributed by atoms with van der Waals surface area (Å²) >= 11 is 0. The number of nitrogens with one attached hydrogen (secondary N) is 2. The predicted octanol–water partition coefficient (Wildman–Crippen LogP) is 0.517. The summed E-state index contributed by atoms with van der Waals surface area (Å²) in [6.07, 6.45) is 1.44. The van der Waals surface area contributed by atoms with Gasteiger partial charge in [0.2, 0.25) is 0 Å². The average molecular weight is 246 g/mol. The Kier molecular flexibility index (Phi) is 2.12. The van der Waals surface area contributed by atoms with Gasteiger partial charge < -0.3 is 0 Å². The largest absolute Gasteiger partial charge is 0.352 e. The van der Waals surface area contributed by atoms with Gasteiger partial charge in [0.25, 0.3) is 0 Å². The molecule has 6 nitrogen and oxygen atoms in total. The van der Waals surface area contributed by atoms with Gasteiger partial charge in [0.05, 0.1) is 6.20 Å². The summed E-state index contributed by atoms with van der Waals surface area (Å²) in [7, 11) is 0. The summed E-state index contributed by atoms with van der Waals surface area (Å²) in [6, 6.07) is 5.69. The fourth-order valence-corrected chi connectivity index (χ4v) is 1.75. The molecular weight excluding hydrogens is 239 g/mol. The Balaban J connectivity index is 2.33. The highest BCUT2D eigenvalue weighted by molar-refractivity contribution is 5.76. The molecule has 0 fully saturated rings. The van der Waals surface area contributed by atoms with Crippen molar-refractivity contribution in [1.82, 2.24) is 19.6 Å². The summed E-state index contributed by atoms with van der Waals surface area (Å²) in [5.41, 5.74) is 0.250. The minimum absolute atomic E-state index is 0.273. The Hall–Kier alpha value is -2.70. The molecule has 0 radical (unpaired) electrons. The van der Waals surface area contributed by atoms with Crippen LogP contribution in [-0.4, -0.2) is 19.6 Å². The SMILES string of the molecule is O=c1[nH]c(=O)n2ncc(-c3ccc(F)cc3)c2[nH]1. The van der Waals surface area contributed by atoms with Crippen molar-refractivity contribution in [1.29, 1.82) is 0 Å². The smallest absolute Gasteiger partial charge is 0.291 e. The third-order valence-electron chi connectivity index (χ3n) is 2.57. The summed E-state index contributed by atoms with van der Waals surface area (Å²) < 4.78 is 13.9. The third kappa shape index (κ3) is 1.53. The lowest BCUT2D eigenvalue weighted by Gasteiger charge is -1.98. The van der Waals surface area contributed by atoms with E-state index in [-0.39, 0.29) is 11.5 Å². The van der Waals surface area contributed by atoms with E-state index in [1.165, 1.54) is 18.3 Å². The first-order chi connectivity index (χ1) is 8.65. The normalized spacial score (nSPS) is 10.9. The number of aromatic amines is 2. The van der Waals surface area contributed by atoms with Gasteiger partial charge >= 0.3 is 11.4 Å². The van der Waals surface area contributed by atoms with E-state index in [2.05, 4.69) is 15.1 Å². The molecule has 2 heterocycles. The standard InChI is InChI=1S/C11H7FN4O2/c12-7-3-1-6(2-4-7)8-5-13-16-9(8)14-10(17)15-11(16)18/h1-5H,(H2,14,15,17,18). The van der Waals surface area contributed by atoms with E-state index in [0.29, 0.717) is 11.1 Å². The van der Waals surface area contributed by atoms with Crippen molar-refractivity contribution in [2.24, 2.45) is 0 Å². The van der Waals surface area contributed by atoms with Gasteiger partial charge in [0, 0.05) is 5.56 Å². The van der Waals surface area contributed by atoms with Crippen molar-refractivity contribution in [3.63, 3.8) is 0 Å². The number of rotatable bonds is 1. The van der Waals surface area contributed by atoms with Gasteiger partial charge in [-0.25, -0.2) is 14.0 Å². The number of aromatic nitrogens is 4. The van der Waals surface area contributed by atoms with Crippen molar-refractivity contribution in [2.75, 3.05) is 0 Å². The molecule has 90 valence electrons. The van der Waals surface area contributed by atoms with Crippen LogP contribution >= 0.6 is 0 Å². The van der Waals surface area contributed by atoms with Crippen LogP contribution in [0.15, 0.2) is 40.1 Å². The van der Waals surface area contributed by atoms with Crippen LogP contribution in [0.5, 0.6) is 0 Å². The highest BCUT2D eigenvalue weighted by Crippen LogP contribution is 2.21. The van der Waals surface area contributed by atoms with Crippen molar-refractivity contribution in [3.8, 4) is 11.1 Å². The topological polar surface area (TPSA) is 83.0 Å². The first kappa shape index (κ1) is 10.5. The third-order valence-corrected chi connectivity index (χ3v) is 2.57. The second kappa shape index (κ2) is 3.66. The fraction of sp³-hybridized carbons (Fsp3) is 0. The molecule has 0 bridgehead atoms. The molecule has 0 amide bonds. The molecule has 0 saturated carbocycles. The van der Waals surface area contributed by atoms with Crippen LogP contribution in [0, 0.1) is 5.82 Å². The van der Waals surface area contributed by atoms with E-state index >= 15 is 0 Å². The number of halogens is 1. The Morgan fingerprint density at radius 3 is 2.56 bits per heavy atom. The van der Waals surface area contributed by atoms with Gasteiger partial charge in [0.15, 0.2) is 5.65 Å². The lowest BCUT2D eigenvalue weighted by Crippen LogP contribution is -2.28. The van der Waals surface area contributed by atoms with Gasteiger partial charge in [-0.05, 0) is 17.7 Å². The molecule has 0 spiro atoms. The molecule has 0 saturated heterocycles. The predicted molar refractivity (Wildman–Crippen MR) is 61.8 cm³/mol. The second-order valence-electron chi connectivity index (χ2n) is 3.71. The molecule has 0 aliphatic rings. The van der Waals surface area contributed by atoms with Gasteiger partial charge in [-0.15, -0.1) is 0 Å². The van der Waals surface area contributed by atoms with Gasteiger partial charge in [0.1, 0.15) is 5.82 Å². The highest BCUT2D eigenvalue weighted by Gasteiger charge is 2.09. The fourth-order valence-electron chi connectivity index (χ4n) is 1.75. The molecule has 0 unspecified atom stereocenters. The van der Waals surface area contributed by atoms with E-state index in [4.69, 9.17) is 0 Å². The van der Waals surface area contributed by atoms with Crippen LogP contribution in [0.3, 0.4) is 0 Å². The Morgan fingerprint density at radius 1 is 1.11 bits per heavy atom. The lowest BCUT2D eigenvalue weighted by atomic mass is 10.1. The summed E-state index contributed by atoms with van der Waals surface area (Å²) in [5.74, 6) is -0.360. The maximum Gasteiger partial charge on any atom is 0.352 e. The van der Waals surface area contributed by atoms with E-state index in [1.807, 2.05) is 0 Å². The molecule has 3 rings (SSSR count). The van der Waals surface area contributed by atoms with Crippen LogP contribution in [0.4, 0.5) is 4.39 Å². The van der Waals surface area contributed by atoms with Gasteiger partial charge in [-0.2, -0.15) is 9.61 Å². The number of hydrogen-bond acceptors (Lipinski definition) is 3. The van der Waals surface area contributed by atoms with Crippen LogP contribution in [-0.2, 0) is 0 Å². The first-order valence-corrected chi connectivity index (χ1v) is 5.11. The summed E-state index contributed by atoms with van der Waals surface area (Å²) in [6.45, 7) is 0. The van der Waals surface area contributed by atoms with Crippen LogP contribution in [0.2, 0.25) is 0 Å². The van der Waals surface area contributed by atoms with E-state index in [0.717, 1.165) is 4.52 Å². The second-order valence-corrected chi connectivity index (χ2v) is 3.71. The molecule has 2 N–H and O–H groups in total. The molecular formula is C11H7FN4O2. The van der Waals surface area contributed by atoms with Crippen LogP contribution < -0.4 is 11.4 Å². The molecule has 2 aromatic heterocycles. The van der Waals surface area contributed by atoms with E-state index in [1.54, 1.807) is 12.1 Å². The average Bonchev–Trinajstić information content (AvgIpc) is 2.74. The number of hydrogen-bond donors (Lipinski definition) is 2. The number of fused-ring (bicyclic) bond motifs is 1. The first-order valence-electron chi connectivity index (χ1n) is 5.11. The zero-order valence-electron chi connectivity index (χ0n) is 8.98. The maximum atomic E-state index is 12.8. The zero-order valence-corrected chi connectivity index (χ0v) is 8.98. The molecule has 1 aromatic carbocycles. The zero-order chi connectivity index (χ0) is 12.7. The van der Waals surface area contributed by atoms with Crippen molar-refractivity contribution in [3.05, 3.63) is 57.2 Å². The molecule has 3 aromatic rings. The van der Waals surface area contributed by atoms with Gasteiger partial charge in [-0.3, -0.25) is 9.97 Å². The highest BCUT2D eigenvalue weighted by atomic mass is 19.1. The minimum Gasteiger partial charge on any atom is -0.291 e. The molecule has 0 aliphatic carbocycles. The monoisotopic (exact) mass is 246 g/mol. The Labute approximate surface area is 98.7 Å². The van der Waals surface area contributed by atoms with Crippen LogP contribution in [0.25, 0.3) is 16.8 Å². The summed E-state index contributed by atoms with van der Waals surface area (Å²) in [4.78, 5) is 27.2. The number of benzene rings is 1. The Morgan fingerprint density at radius 2 is 1.83 bits per heavy atom. The van der Waals surface area contributed by atoms with Gasteiger partial charge in [-0.1, -0.05) is 12.1 Å². The quantitative estimate of drug-likeness (QED) is 0.656. The van der Waals surface area contributed by atoms with Crippen LogP contribution in [0.1, 0.15) is 0 Å². The lowest BCUT2D eigenvalue weighted by molar-refractivity contribution is 0.628. The number of nitrogens with zero attached hydrogens (tertiary/aromatic N) is 2. The van der Waals surface area contributed by atoms with Crippen molar-refractivity contribution >= 4 is 5.65 Å². The Bertz CT molecular complexity index is 829. The maximum absolute atomic E-state index is 12.8. The van der Waals surface area contributed by atoms with Crippen molar-refractivity contribution in [2.45, 2.75) is 0 Å². The van der Waals surface area contributed by atoms with E-state index < -0.39 is 11.4 Å². The molecule has 18 heavy (non-hydrogen) atoms. The van der Waals surface area contributed by atoms with E-state index in [9.17, 15) is 14.0 Å².